The van der Waals surface area contributed by atoms with Crippen LogP contribution in [0, 0.1) is 24.4 Å². The van der Waals surface area contributed by atoms with Crippen LogP contribution >= 0.6 is 11.6 Å². The van der Waals surface area contributed by atoms with Gasteiger partial charge in [-0.15, -0.1) is 0 Å². The number of nitrogens with one attached hydrogen (secondary N) is 1. The molecule has 2 N–H and O–H groups in total. The van der Waals surface area contributed by atoms with Crippen LogP contribution in [0.2, 0.25) is 5.02 Å². The number of carbonyl (C=O) groups excluding carboxylic acids is 1. The van der Waals surface area contributed by atoms with Gasteiger partial charge in [0.1, 0.15) is 0 Å². The number of amides is 1. The maximum absolute atomic E-state index is 13.8. The number of carbonyl (C=O) groups is 1. The predicted molar refractivity (Wildman–Crippen MR) is 111 cm³/mol. The Hall–Kier alpha value is -2.10. The van der Waals surface area contributed by atoms with Crippen molar-refractivity contribution in [3.8, 4) is 0 Å². The Labute approximate surface area is 183 Å². The Morgan fingerprint density at radius 2 is 1.77 bits per heavy atom. The van der Waals surface area contributed by atoms with Gasteiger partial charge in [0.25, 0.3) is 5.91 Å². The standard InChI is InChI=1S/C21H21ClF3NO4S/c1-11-16(10-15(23)19(25)18(11)24)26-20(28)12-3-4-14(22)17(9-12)31(29,30)21(2)7-5-13(27)6-8-21/h3-4,9-10,13,27H,5-8H2,1-2H3,(H,26,28). The third-order valence-corrected chi connectivity index (χ3v) is 8.86. The molecule has 10 heteroatoms. The molecule has 0 saturated heterocycles. The topological polar surface area (TPSA) is 83.5 Å². The van der Waals surface area contributed by atoms with E-state index in [2.05, 4.69) is 5.32 Å². The van der Waals surface area contributed by atoms with Crippen LogP contribution in [0.1, 0.15) is 48.5 Å². The van der Waals surface area contributed by atoms with Crippen molar-refractivity contribution in [3.05, 3.63) is 57.9 Å². The molecule has 0 unspecified atom stereocenters. The largest absolute Gasteiger partial charge is 0.393 e. The molecule has 1 aliphatic rings. The predicted octanol–water partition coefficient (Wildman–Crippen LogP) is 4.79. The second-order valence-electron chi connectivity index (χ2n) is 7.94. The van der Waals surface area contributed by atoms with Gasteiger partial charge in [0.05, 0.1) is 20.8 Å². The molecule has 3 rings (SSSR count). The quantitative estimate of drug-likeness (QED) is 0.623. The third kappa shape index (κ3) is 4.31. The van der Waals surface area contributed by atoms with Crippen LogP contribution in [0.4, 0.5) is 18.9 Å². The van der Waals surface area contributed by atoms with Crippen LogP contribution in [0.3, 0.4) is 0 Å². The summed E-state index contributed by atoms with van der Waals surface area (Å²) in [6.45, 7) is 2.74. The summed E-state index contributed by atoms with van der Waals surface area (Å²) in [7, 11) is -3.96. The zero-order valence-electron chi connectivity index (χ0n) is 16.8. The Bertz CT molecular complexity index is 1150. The van der Waals surface area contributed by atoms with Crippen LogP contribution in [0.25, 0.3) is 0 Å². The van der Waals surface area contributed by atoms with Gasteiger partial charge in [0.2, 0.25) is 0 Å². The zero-order valence-corrected chi connectivity index (χ0v) is 18.4. The molecule has 0 spiro atoms. The second-order valence-corrected chi connectivity index (χ2v) is 10.8. The summed E-state index contributed by atoms with van der Waals surface area (Å²) >= 11 is 6.14. The van der Waals surface area contributed by atoms with Gasteiger partial charge in [-0.2, -0.15) is 0 Å². The van der Waals surface area contributed by atoms with Crippen molar-refractivity contribution in [2.24, 2.45) is 0 Å². The van der Waals surface area contributed by atoms with E-state index >= 15 is 0 Å². The SMILES string of the molecule is Cc1c(NC(=O)c2ccc(Cl)c(S(=O)(=O)C3(C)CCC(O)CC3)c2)cc(F)c(F)c1F. The van der Waals surface area contributed by atoms with Crippen molar-refractivity contribution < 1.29 is 31.5 Å². The Morgan fingerprint density at radius 3 is 2.39 bits per heavy atom. The summed E-state index contributed by atoms with van der Waals surface area (Å²) in [5, 5.41) is 11.9. The first-order chi connectivity index (χ1) is 14.4. The summed E-state index contributed by atoms with van der Waals surface area (Å²) in [5.74, 6) is -5.39. The number of aliphatic hydroxyl groups excluding tert-OH is 1. The number of hydrogen-bond acceptors (Lipinski definition) is 4. The first kappa shape index (κ1) is 23.6. The van der Waals surface area contributed by atoms with E-state index in [9.17, 15) is 31.5 Å². The van der Waals surface area contributed by atoms with E-state index in [-0.39, 0.29) is 39.6 Å². The molecule has 1 saturated carbocycles. The van der Waals surface area contributed by atoms with Crippen molar-refractivity contribution in [1.82, 2.24) is 0 Å². The lowest BCUT2D eigenvalue weighted by atomic mass is 9.88. The van der Waals surface area contributed by atoms with Crippen LogP contribution in [0.15, 0.2) is 29.2 Å². The van der Waals surface area contributed by atoms with Crippen LogP contribution in [-0.4, -0.2) is 30.3 Å². The maximum atomic E-state index is 13.8. The van der Waals surface area contributed by atoms with Gasteiger partial charge in [-0.25, -0.2) is 21.6 Å². The van der Waals surface area contributed by atoms with Crippen molar-refractivity contribution in [3.63, 3.8) is 0 Å². The van der Waals surface area contributed by atoms with Gasteiger partial charge in [-0.3, -0.25) is 4.79 Å². The summed E-state index contributed by atoms with van der Waals surface area (Å²) in [6.07, 6.45) is 0.562. The molecule has 0 atom stereocenters. The smallest absolute Gasteiger partial charge is 0.255 e. The van der Waals surface area contributed by atoms with Crippen molar-refractivity contribution >= 4 is 33.0 Å². The molecular weight excluding hydrogens is 455 g/mol. The minimum absolute atomic E-state index is 0.0704. The van der Waals surface area contributed by atoms with E-state index in [1.807, 2.05) is 0 Å². The van der Waals surface area contributed by atoms with E-state index < -0.39 is 44.0 Å². The minimum atomic E-state index is -3.96. The molecule has 2 aromatic carbocycles. The molecule has 0 heterocycles. The lowest BCUT2D eigenvalue weighted by Crippen LogP contribution is -2.40. The molecular formula is C21H21ClF3NO4S. The monoisotopic (exact) mass is 475 g/mol. The molecule has 0 radical (unpaired) electrons. The molecule has 0 bridgehead atoms. The van der Waals surface area contributed by atoms with Crippen LogP contribution in [-0.2, 0) is 9.84 Å². The van der Waals surface area contributed by atoms with Crippen molar-refractivity contribution in [2.75, 3.05) is 5.32 Å². The fraction of sp³-hybridized carbons (Fsp3) is 0.381. The molecule has 2 aromatic rings. The highest BCUT2D eigenvalue weighted by molar-refractivity contribution is 7.93. The number of benzene rings is 2. The van der Waals surface area contributed by atoms with E-state index in [1.165, 1.54) is 19.1 Å². The lowest BCUT2D eigenvalue weighted by Gasteiger charge is -2.35. The highest BCUT2D eigenvalue weighted by atomic mass is 35.5. The molecule has 5 nitrogen and oxygen atoms in total. The summed E-state index contributed by atoms with van der Waals surface area (Å²) < 4.78 is 66.1. The van der Waals surface area contributed by atoms with Gasteiger partial charge >= 0.3 is 0 Å². The van der Waals surface area contributed by atoms with E-state index in [4.69, 9.17) is 11.6 Å². The van der Waals surface area contributed by atoms with Crippen LogP contribution in [0.5, 0.6) is 0 Å². The summed E-state index contributed by atoms with van der Waals surface area (Å²) in [4.78, 5) is 12.4. The molecule has 168 valence electrons. The minimum Gasteiger partial charge on any atom is -0.393 e. The summed E-state index contributed by atoms with van der Waals surface area (Å²) in [6, 6.07) is 4.28. The van der Waals surface area contributed by atoms with E-state index in [0.717, 1.165) is 6.07 Å². The van der Waals surface area contributed by atoms with E-state index in [1.54, 1.807) is 6.92 Å². The number of sulfone groups is 1. The van der Waals surface area contributed by atoms with Gasteiger partial charge in [-0.05, 0) is 57.7 Å². The van der Waals surface area contributed by atoms with Gasteiger partial charge in [-0.1, -0.05) is 11.6 Å². The average Bonchev–Trinajstić information content (AvgIpc) is 2.72. The fourth-order valence-electron chi connectivity index (χ4n) is 3.61. The summed E-state index contributed by atoms with van der Waals surface area (Å²) in [5.41, 5.74) is -0.691. The van der Waals surface area contributed by atoms with Crippen LogP contribution < -0.4 is 5.32 Å². The Kier molecular flexibility index (Phi) is 6.42. The molecule has 0 aliphatic heterocycles. The normalized spacial score (nSPS) is 21.7. The molecule has 1 amide bonds. The fourth-order valence-corrected chi connectivity index (χ4v) is 5.94. The molecule has 1 fully saturated rings. The number of aliphatic hydroxyl groups is 1. The van der Waals surface area contributed by atoms with Crippen molar-refractivity contribution in [1.29, 1.82) is 0 Å². The first-order valence-corrected chi connectivity index (χ1v) is 11.4. The Balaban J connectivity index is 1.95. The highest BCUT2D eigenvalue weighted by Crippen LogP contribution is 2.41. The van der Waals surface area contributed by atoms with Gasteiger partial charge < -0.3 is 10.4 Å². The average molecular weight is 476 g/mol. The third-order valence-electron chi connectivity index (χ3n) is 5.80. The number of halogens is 4. The molecule has 0 aromatic heterocycles. The number of anilines is 1. The highest BCUT2D eigenvalue weighted by Gasteiger charge is 2.44. The molecule has 1 aliphatic carbocycles. The number of rotatable bonds is 4. The molecule has 31 heavy (non-hydrogen) atoms. The van der Waals surface area contributed by atoms with Crippen molar-refractivity contribution in [2.45, 2.75) is 55.3 Å². The lowest BCUT2D eigenvalue weighted by molar-refractivity contribution is 0.102. The Morgan fingerprint density at radius 1 is 1.16 bits per heavy atom. The number of hydrogen-bond donors (Lipinski definition) is 2. The van der Waals surface area contributed by atoms with Gasteiger partial charge in [0, 0.05) is 22.9 Å². The van der Waals surface area contributed by atoms with Gasteiger partial charge in [0.15, 0.2) is 27.3 Å². The zero-order chi connectivity index (χ0) is 23.1. The first-order valence-electron chi connectivity index (χ1n) is 9.55. The maximum Gasteiger partial charge on any atom is 0.255 e. The van der Waals surface area contributed by atoms with E-state index in [0.29, 0.717) is 18.9 Å². The second kappa shape index (κ2) is 8.44.